The fourth-order valence-corrected chi connectivity index (χ4v) is 2.60. The second kappa shape index (κ2) is 7.44. The molecular formula is C17H26N2O. The highest BCUT2D eigenvalue weighted by Crippen LogP contribution is 2.15. The number of hydrogen-bond acceptors (Lipinski definition) is 2. The van der Waals surface area contributed by atoms with Crippen molar-refractivity contribution in [1.29, 1.82) is 0 Å². The third-order valence-electron chi connectivity index (χ3n) is 3.95. The molecule has 0 bridgehead atoms. The van der Waals surface area contributed by atoms with Gasteiger partial charge in [-0.15, -0.1) is 0 Å². The number of hydrogen-bond donors (Lipinski definition) is 2. The van der Waals surface area contributed by atoms with Crippen molar-refractivity contribution < 1.29 is 4.79 Å². The first kappa shape index (κ1) is 15.0. The Hall–Kier alpha value is -1.35. The minimum atomic E-state index is 0.173. The van der Waals surface area contributed by atoms with E-state index < -0.39 is 0 Å². The molecule has 1 saturated heterocycles. The van der Waals surface area contributed by atoms with Gasteiger partial charge in [0.2, 0.25) is 5.91 Å². The summed E-state index contributed by atoms with van der Waals surface area (Å²) in [6.07, 6.45) is 3.66. The lowest BCUT2D eigenvalue weighted by Crippen LogP contribution is -2.45. The first-order valence-electron chi connectivity index (χ1n) is 7.74. The molecule has 0 aromatic heterocycles. The molecule has 3 nitrogen and oxygen atoms in total. The number of carbonyl (C=O) groups excluding carboxylic acids is 1. The Morgan fingerprint density at radius 2 is 2.10 bits per heavy atom. The van der Waals surface area contributed by atoms with Crippen LogP contribution in [0.15, 0.2) is 24.3 Å². The summed E-state index contributed by atoms with van der Waals surface area (Å²) in [5, 5.41) is 6.43. The van der Waals surface area contributed by atoms with Crippen LogP contribution < -0.4 is 10.6 Å². The Kier molecular flexibility index (Phi) is 5.60. The Labute approximate surface area is 122 Å². The summed E-state index contributed by atoms with van der Waals surface area (Å²) >= 11 is 0. The van der Waals surface area contributed by atoms with Crippen molar-refractivity contribution in [3.8, 4) is 0 Å². The molecule has 0 unspecified atom stereocenters. The Morgan fingerprint density at radius 1 is 1.35 bits per heavy atom. The largest absolute Gasteiger partial charge is 0.352 e. The predicted molar refractivity (Wildman–Crippen MR) is 82.9 cm³/mol. The summed E-state index contributed by atoms with van der Waals surface area (Å²) < 4.78 is 0. The molecule has 110 valence electrons. The van der Waals surface area contributed by atoms with E-state index in [9.17, 15) is 4.79 Å². The van der Waals surface area contributed by atoms with E-state index in [2.05, 4.69) is 48.7 Å². The molecular weight excluding hydrogens is 248 g/mol. The zero-order valence-corrected chi connectivity index (χ0v) is 12.6. The third-order valence-corrected chi connectivity index (χ3v) is 3.95. The van der Waals surface area contributed by atoms with Gasteiger partial charge >= 0.3 is 0 Å². The van der Waals surface area contributed by atoms with Crippen LogP contribution in [0.25, 0.3) is 0 Å². The lowest BCUT2D eigenvalue weighted by Gasteiger charge is -2.23. The molecule has 0 radical (unpaired) electrons. The van der Waals surface area contributed by atoms with Gasteiger partial charge in [-0.1, -0.05) is 38.1 Å². The maximum atomic E-state index is 11.9. The normalized spacial score (nSPS) is 19.1. The standard InChI is InChI=1S/C17H26N2O/c1-13(2)15-8-5-14(6-9-15)7-10-17(20)19-16-4-3-11-18-12-16/h5-6,8-9,13,16,18H,3-4,7,10-12H2,1-2H3,(H,19,20)/t16-/m0/s1. The van der Waals surface area contributed by atoms with Crippen molar-refractivity contribution in [1.82, 2.24) is 10.6 Å². The van der Waals surface area contributed by atoms with Crippen LogP contribution >= 0.6 is 0 Å². The monoisotopic (exact) mass is 274 g/mol. The van der Waals surface area contributed by atoms with Crippen LogP contribution in [0.3, 0.4) is 0 Å². The van der Waals surface area contributed by atoms with E-state index in [-0.39, 0.29) is 5.91 Å². The van der Waals surface area contributed by atoms with Crippen LogP contribution in [0.4, 0.5) is 0 Å². The first-order valence-corrected chi connectivity index (χ1v) is 7.74. The van der Waals surface area contributed by atoms with Gasteiger partial charge in [0.25, 0.3) is 0 Å². The van der Waals surface area contributed by atoms with Gasteiger partial charge in [-0.05, 0) is 42.9 Å². The highest BCUT2D eigenvalue weighted by Gasteiger charge is 2.14. The highest BCUT2D eigenvalue weighted by atomic mass is 16.1. The molecule has 1 aromatic rings. The highest BCUT2D eigenvalue weighted by molar-refractivity contribution is 5.76. The molecule has 1 aliphatic rings. The average Bonchev–Trinajstić information content (AvgIpc) is 2.46. The lowest BCUT2D eigenvalue weighted by molar-refractivity contribution is -0.121. The lowest BCUT2D eigenvalue weighted by atomic mass is 10.00. The zero-order valence-electron chi connectivity index (χ0n) is 12.6. The van der Waals surface area contributed by atoms with E-state index in [1.54, 1.807) is 0 Å². The van der Waals surface area contributed by atoms with Crippen molar-refractivity contribution in [3.05, 3.63) is 35.4 Å². The van der Waals surface area contributed by atoms with Crippen molar-refractivity contribution in [3.63, 3.8) is 0 Å². The van der Waals surface area contributed by atoms with E-state index in [0.717, 1.165) is 32.4 Å². The van der Waals surface area contributed by atoms with E-state index in [1.165, 1.54) is 11.1 Å². The van der Waals surface area contributed by atoms with Gasteiger partial charge in [-0.25, -0.2) is 0 Å². The van der Waals surface area contributed by atoms with Gasteiger partial charge in [0.1, 0.15) is 0 Å². The zero-order chi connectivity index (χ0) is 14.4. The number of aryl methyl sites for hydroxylation is 1. The van der Waals surface area contributed by atoms with Crippen LogP contribution in [0.5, 0.6) is 0 Å². The minimum Gasteiger partial charge on any atom is -0.352 e. The Bertz CT molecular complexity index is 419. The summed E-state index contributed by atoms with van der Waals surface area (Å²) in [4.78, 5) is 11.9. The van der Waals surface area contributed by atoms with Gasteiger partial charge < -0.3 is 10.6 Å². The van der Waals surface area contributed by atoms with Gasteiger partial charge in [0.15, 0.2) is 0 Å². The van der Waals surface area contributed by atoms with E-state index in [1.807, 2.05) is 0 Å². The number of rotatable bonds is 5. The van der Waals surface area contributed by atoms with Crippen LogP contribution in [-0.4, -0.2) is 25.0 Å². The minimum absolute atomic E-state index is 0.173. The second-order valence-electron chi connectivity index (χ2n) is 6.01. The molecule has 2 rings (SSSR count). The van der Waals surface area contributed by atoms with Gasteiger partial charge in [0, 0.05) is 19.0 Å². The van der Waals surface area contributed by atoms with E-state index in [0.29, 0.717) is 18.4 Å². The molecule has 1 fully saturated rings. The number of amides is 1. The summed E-state index contributed by atoms with van der Waals surface area (Å²) in [5.74, 6) is 0.734. The van der Waals surface area contributed by atoms with Gasteiger partial charge in [-0.3, -0.25) is 4.79 Å². The summed E-state index contributed by atoms with van der Waals surface area (Å²) in [6.45, 7) is 6.38. The molecule has 3 heteroatoms. The predicted octanol–water partition coefficient (Wildman–Crippen LogP) is 2.61. The molecule has 1 heterocycles. The number of benzene rings is 1. The van der Waals surface area contributed by atoms with Crippen molar-refractivity contribution in [2.75, 3.05) is 13.1 Å². The SMILES string of the molecule is CC(C)c1ccc(CCC(=O)N[C@H]2CCCNC2)cc1. The van der Waals surface area contributed by atoms with Crippen LogP contribution in [0, 0.1) is 0 Å². The maximum absolute atomic E-state index is 11.9. The van der Waals surface area contributed by atoms with Crippen LogP contribution in [-0.2, 0) is 11.2 Å². The molecule has 0 saturated carbocycles. The van der Waals surface area contributed by atoms with Crippen LogP contribution in [0.2, 0.25) is 0 Å². The Balaban J connectivity index is 1.74. The fraction of sp³-hybridized carbons (Fsp3) is 0.588. The van der Waals surface area contributed by atoms with Gasteiger partial charge in [-0.2, -0.15) is 0 Å². The summed E-state index contributed by atoms with van der Waals surface area (Å²) in [6, 6.07) is 8.95. The van der Waals surface area contributed by atoms with Crippen molar-refractivity contribution >= 4 is 5.91 Å². The van der Waals surface area contributed by atoms with E-state index in [4.69, 9.17) is 0 Å². The molecule has 1 amide bonds. The smallest absolute Gasteiger partial charge is 0.220 e. The molecule has 2 N–H and O–H groups in total. The first-order chi connectivity index (χ1) is 9.65. The second-order valence-corrected chi connectivity index (χ2v) is 6.01. The number of carbonyl (C=O) groups is 1. The van der Waals surface area contributed by atoms with E-state index >= 15 is 0 Å². The number of nitrogens with one attached hydrogen (secondary N) is 2. The molecule has 0 spiro atoms. The van der Waals surface area contributed by atoms with Crippen molar-refractivity contribution in [2.45, 2.75) is 51.5 Å². The average molecular weight is 274 g/mol. The third kappa shape index (κ3) is 4.64. The topological polar surface area (TPSA) is 41.1 Å². The summed E-state index contributed by atoms with van der Waals surface area (Å²) in [7, 11) is 0. The van der Waals surface area contributed by atoms with Crippen molar-refractivity contribution in [2.24, 2.45) is 0 Å². The maximum Gasteiger partial charge on any atom is 0.220 e. The molecule has 20 heavy (non-hydrogen) atoms. The van der Waals surface area contributed by atoms with Crippen LogP contribution in [0.1, 0.15) is 50.2 Å². The molecule has 1 aromatic carbocycles. The quantitative estimate of drug-likeness (QED) is 0.866. The molecule has 0 aliphatic carbocycles. The summed E-state index contributed by atoms with van der Waals surface area (Å²) in [5.41, 5.74) is 2.60. The molecule has 1 atom stereocenters. The van der Waals surface area contributed by atoms with Gasteiger partial charge in [0.05, 0.1) is 0 Å². The fourth-order valence-electron chi connectivity index (χ4n) is 2.60. The Morgan fingerprint density at radius 3 is 2.70 bits per heavy atom. The number of piperidine rings is 1. The molecule has 1 aliphatic heterocycles.